The molecule has 4 N–H and O–H groups in total. The predicted octanol–water partition coefficient (Wildman–Crippen LogP) is 0.241. The molecule has 2 heterocycles. The van der Waals surface area contributed by atoms with E-state index in [1.807, 2.05) is 0 Å². The van der Waals surface area contributed by atoms with Gasteiger partial charge in [-0.25, -0.2) is 9.97 Å². The molecule has 70 valence electrons. The quantitative estimate of drug-likeness (QED) is 0.645. The monoisotopic (exact) mass is 179 g/mol. The van der Waals surface area contributed by atoms with Crippen LogP contribution < -0.4 is 16.4 Å². The lowest BCUT2D eigenvalue weighted by Gasteiger charge is -2.17. The van der Waals surface area contributed by atoms with E-state index >= 15 is 0 Å². The highest BCUT2D eigenvalue weighted by Gasteiger charge is 2.17. The van der Waals surface area contributed by atoms with Gasteiger partial charge in [-0.3, -0.25) is 0 Å². The Labute approximate surface area is 76.8 Å². The van der Waals surface area contributed by atoms with E-state index in [0.717, 1.165) is 18.9 Å². The lowest BCUT2D eigenvalue weighted by Crippen LogP contribution is -2.21. The van der Waals surface area contributed by atoms with Gasteiger partial charge in [0.25, 0.3) is 0 Å². The molecule has 0 spiro atoms. The molecule has 1 aliphatic heterocycles. The van der Waals surface area contributed by atoms with E-state index in [4.69, 9.17) is 11.5 Å². The Bertz CT molecular complexity index is 305. The molecule has 1 saturated heterocycles. The molecule has 13 heavy (non-hydrogen) atoms. The van der Waals surface area contributed by atoms with Crippen molar-refractivity contribution in [2.24, 2.45) is 0 Å². The zero-order valence-electron chi connectivity index (χ0n) is 7.40. The van der Waals surface area contributed by atoms with E-state index < -0.39 is 0 Å². The van der Waals surface area contributed by atoms with Gasteiger partial charge in [-0.05, 0) is 12.8 Å². The van der Waals surface area contributed by atoms with Crippen molar-refractivity contribution < 1.29 is 0 Å². The molecule has 1 aromatic heterocycles. The van der Waals surface area contributed by atoms with Crippen molar-refractivity contribution in [3.63, 3.8) is 0 Å². The maximum absolute atomic E-state index is 5.77. The topological polar surface area (TPSA) is 81.1 Å². The summed E-state index contributed by atoms with van der Waals surface area (Å²) in [6, 6.07) is 0. The highest BCUT2D eigenvalue weighted by molar-refractivity contribution is 5.73. The van der Waals surface area contributed by atoms with Gasteiger partial charge in [0.2, 0.25) is 0 Å². The smallest absolute Gasteiger partial charge is 0.157 e. The molecule has 0 amide bonds. The number of nitrogen functional groups attached to an aromatic ring is 2. The zero-order valence-corrected chi connectivity index (χ0v) is 7.40. The highest BCUT2D eigenvalue weighted by atomic mass is 15.2. The molecule has 0 radical (unpaired) electrons. The first-order chi connectivity index (χ1) is 6.29. The Morgan fingerprint density at radius 1 is 1.15 bits per heavy atom. The normalized spacial score (nSPS) is 16.5. The molecule has 0 aliphatic carbocycles. The van der Waals surface area contributed by atoms with Crippen LogP contribution in [0.2, 0.25) is 0 Å². The minimum Gasteiger partial charge on any atom is -0.393 e. The summed E-state index contributed by atoms with van der Waals surface area (Å²) in [7, 11) is 0. The predicted molar refractivity (Wildman–Crippen MR) is 52.3 cm³/mol. The summed E-state index contributed by atoms with van der Waals surface area (Å²) in [6.07, 6.45) is 3.85. The van der Waals surface area contributed by atoms with E-state index in [1.54, 1.807) is 0 Å². The molecule has 0 bridgehead atoms. The Balaban J connectivity index is 2.33. The summed E-state index contributed by atoms with van der Waals surface area (Å²) in [4.78, 5) is 10.1. The molecule has 5 nitrogen and oxygen atoms in total. The van der Waals surface area contributed by atoms with Gasteiger partial charge >= 0.3 is 0 Å². The Morgan fingerprint density at radius 2 is 1.85 bits per heavy atom. The number of hydrogen-bond acceptors (Lipinski definition) is 5. The van der Waals surface area contributed by atoms with Crippen LogP contribution in [0.5, 0.6) is 0 Å². The van der Waals surface area contributed by atoms with Gasteiger partial charge in [0.05, 0.1) is 0 Å². The van der Waals surface area contributed by atoms with Crippen LogP contribution in [0.15, 0.2) is 6.33 Å². The maximum atomic E-state index is 5.77. The van der Waals surface area contributed by atoms with Gasteiger partial charge in [0.1, 0.15) is 12.0 Å². The number of hydrogen-bond donors (Lipinski definition) is 2. The van der Waals surface area contributed by atoms with Crippen LogP contribution >= 0.6 is 0 Å². The first kappa shape index (κ1) is 8.10. The van der Waals surface area contributed by atoms with Crippen molar-refractivity contribution in [3.8, 4) is 0 Å². The number of anilines is 3. The largest absolute Gasteiger partial charge is 0.393 e. The van der Waals surface area contributed by atoms with E-state index in [0.29, 0.717) is 11.5 Å². The number of nitrogens with two attached hydrogens (primary N) is 2. The Kier molecular flexibility index (Phi) is 1.92. The molecule has 0 atom stereocenters. The summed E-state index contributed by atoms with van der Waals surface area (Å²) < 4.78 is 0. The third-order valence-electron chi connectivity index (χ3n) is 2.30. The van der Waals surface area contributed by atoms with Gasteiger partial charge in [-0.15, -0.1) is 0 Å². The van der Waals surface area contributed by atoms with E-state index in [2.05, 4.69) is 14.9 Å². The summed E-state index contributed by atoms with van der Waals surface area (Å²) in [5.74, 6) is 1.15. The van der Waals surface area contributed by atoms with Crippen LogP contribution in [-0.2, 0) is 0 Å². The summed E-state index contributed by atoms with van der Waals surface area (Å²) in [6.45, 7) is 2.03. The first-order valence-corrected chi connectivity index (χ1v) is 4.40. The fourth-order valence-corrected chi connectivity index (χ4v) is 1.58. The van der Waals surface area contributed by atoms with Crippen molar-refractivity contribution in [2.45, 2.75) is 12.8 Å². The molecular weight excluding hydrogens is 166 g/mol. The number of rotatable bonds is 1. The van der Waals surface area contributed by atoms with Gasteiger partial charge in [0.15, 0.2) is 11.6 Å². The lowest BCUT2D eigenvalue weighted by molar-refractivity contribution is 0.932. The molecule has 1 aliphatic rings. The van der Waals surface area contributed by atoms with Crippen LogP contribution in [-0.4, -0.2) is 23.1 Å². The van der Waals surface area contributed by atoms with Gasteiger partial charge in [-0.2, -0.15) is 0 Å². The van der Waals surface area contributed by atoms with Crippen LogP contribution in [0.1, 0.15) is 12.8 Å². The number of aromatic nitrogens is 2. The minimum atomic E-state index is 0.372. The second kappa shape index (κ2) is 3.08. The van der Waals surface area contributed by atoms with Crippen molar-refractivity contribution in [1.29, 1.82) is 0 Å². The van der Waals surface area contributed by atoms with Crippen molar-refractivity contribution in [2.75, 3.05) is 29.5 Å². The maximum Gasteiger partial charge on any atom is 0.157 e. The summed E-state index contributed by atoms with van der Waals surface area (Å²) in [5, 5.41) is 0. The Morgan fingerprint density at radius 3 is 2.54 bits per heavy atom. The minimum absolute atomic E-state index is 0.372. The molecule has 2 rings (SSSR count). The van der Waals surface area contributed by atoms with Gasteiger partial charge in [0, 0.05) is 13.1 Å². The average molecular weight is 179 g/mol. The van der Waals surface area contributed by atoms with Crippen LogP contribution in [0.25, 0.3) is 0 Å². The zero-order chi connectivity index (χ0) is 9.26. The standard InChI is InChI=1S/C8H13N5/c9-6-7(10)11-5-12-8(6)13-3-1-2-4-13/h5H,1-4,9H2,(H2,10,11,12). The average Bonchev–Trinajstić information content (AvgIpc) is 2.62. The molecule has 1 aromatic rings. The fourth-order valence-electron chi connectivity index (χ4n) is 1.58. The van der Waals surface area contributed by atoms with Crippen LogP contribution in [0.4, 0.5) is 17.3 Å². The molecule has 1 fully saturated rings. The van der Waals surface area contributed by atoms with E-state index in [-0.39, 0.29) is 0 Å². The molecule has 0 unspecified atom stereocenters. The second-order valence-corrected chi connectivity index (χ2v) is 3.19. The molecule has 0 saturated carbocycles. The second-order valence-electron chi connectivity index (χ2n) is 3.19. The highest BCUT2D eigenvalue weighted by Crippen LogP contribution is 2.26. The van der Waals surface area contributed by atoms with Gasteiger partial charge < -0.3 is 16.4 Å². The Hall–Kier alpha value is -1.52. The summed E-state index contributed by atoms with van der Waals surface area (Å²) >= 11 is 0. The van der Waals surface area contributed by atoms with E-state index in [9.17, 15) is 0 Å². The van der Waals surface area contributed by atoms with E-state index in [1.165, 1.54) is 19.2 Å². The lowest BCUT2D eigenvalue weighted by atomic mass is 10.4. The van der Waals surface area contributed by atoms with Gasteiger partial charge in [-0.1, -0.05) is 0 Å². The van der Waals surface area contributed by atoms with Crippen molar-refractivity contribution in [3.05, 3.63) is 6.33 Å². The third kappa shape index (κ3) is 1.37. The first-order valence-electron chi connectivity index (χ1n) is 4.40. The SMILES string of the molecule is Nc1ncnc(N2CCCC2)c1N. The molecular formula is C8H13N5. The fraction of sp³-hybridized carbons (Fsp3) is 0.500. The van der Waals surface area contributed by atoms with Crippen LogP contribution in [0, 0.1) is 0 Å². The van der Waals surface area contributed by atoms with Crippen LogP contribution in [0.3, 0.4) is 0 Å². The number of nitrogens with zero attached hydrogens (tertiary/aromatic N) is 3. The molecule has 0 aromatic carbocycles. The summed E-state index contributed by atoms with van der Waals surface area (Å²) in [5.41, 5.74) is 11.9. The van der Waals surface area contributed by atoms with Crippen molar-refractivity contribution >= 4 is 17.3 Å². The molecule has 5 heteroatoms. The third-order valence-corrected chi connectivity index (χ3v) is 2.30. The van der Waals surface area contributed by atoms with Crippen molar-refractivity contribution in [1.82, 2.24) is 9.97 Å².